The first-order valence-corrected chi connectivity index (χ1v) is 10.6. The lowest BCUT2D eigenvalue weighted by Gasteiger charge is -2.26. The highest BCUT2D eigenvalue weighted by Crippen LogP contribution is 2.21. The zero-order valence-corrected chi connectivity index (χ0v) is 18.9. The Bertz CT molecular complexity index is 1300. The van der Waals surface area contributed by atoms with Crippen molar-refractivity contribution in [3.8, 4) is 0 Å². The summed E-state index contributed by atoms with van der Waals surface area (Å²) >= 11 is 0. The van der Waals surface area contributed by atoms with Gasteiger partial charge in [-0.25, -0.2) is 4.79 Å². The molecule has 3 aromatic rings. The number of amides is 1. The third-order valence-electron chi connectivity index (χ3n) is 5.02. The first-order valence-electron chi connectivity index (χ1n) is 10.6. The topological polar surface area (TPSA) is 156 Å². The van der Waals surface area contributed by atoms with Crippen molar-refractivity contribution in [2.24, 2.45) is 5.92 Å². The number of carbonyl (C=O) groups is 1. The molecule has 0 atom stereocenters. The van der Waals surface area contributed by atoms with Crippen molar-refractivity contribution in [3.05, 3.63) is 91.1 Å². The summed E-state index contributed by atoms with van der Waals surface area (Å²) in [6.45, 7) is 3.79. The van der Waals surface area contributed by atoms with E-state index in [4.69, 9.17) is 5.73 Å². The van der Waals surface area contributed by atoms with E-state index in [-0.39, 0.29) is 42.7 Å². The van der Waals surface area contributed by atoms with Crippen LogP contribution in [0.3, 0.4) is 0 Å². The average molecular weight is 466 g/mol. The fraction of sp³-hybridized carbons (Fsp3) is 0.261. The molecule has 0 aliphatic rings. The number of nitrogens with zero attached hydrogens (tertiary/aromatic N) is 3. The fourth-order valence-corrected chi connectivity index (χ4v) is 3.45. The summed E-state index contributed by atoms with van der Waals surface area (Å²) in [4.78, 5) is 52.4. The van der Waals surface area contributed by atoms with Crippen molar-refractivity contribution in [2.45, 2.75) is 20.4 Å². The van der Waals surface area contributed by atoms with Crippen molar-refractivity contribution >= 4 is 28.8 Å². The molecule has 11 heteroatoms. The SMILES string of the molecule is CC(C)CN(C(=O)CNc1cccc([N+](=O)[O-])c1)c1c(N)n(Cc2ccccc2)c(=O)[nH]c1=O. The molecule has 0 aliphatic carbocycles. The number of aromatic amines is 1. The van der Waals surface area contributed by atoms with Crippen LogP contribution in [0.1, 0.15) is 19.4 Å². The van der Waals surface area contributed by atoms with Gasteiger partial charge in [0.25, 0.3) is 11.2 Å². The molecule has 1 amide bonds. The predicted octanol–water partition coefficient (Wildman–Crippen LogP) is 2.18. The lowest BCUT2D eigenvalue weighted by Crippen LogP contribution is -2.44. The Labute approximate surface area is 195 Å². The number of non-ortho nitro benzene ring substituents is 1. The molecule has 2 aromatic carbocycles. The van der Waals surface area contributed by atoms with Crippen LogP contribution in [0, 0.1) is 16.0 Å². The molecule has 0 bridgehead atoms. The molecule has 1 heterocycles. The van der Waals surface area contributed by atoms with Crippen molar-refractivity contribution in [2.75, 3.05) is 29.0 Å². The standard InChI is InChI=1S/C23H26N6O5/c1-15(2)13-27(19(30)12-25-17-9-6-10-18(11-17)29(33)34)20-21(24)28(23(32)26-22(20)31)14-16-7-4-3-5-8-16/h3-11,15,25H,12-14,24H2,1-2H3,(H,26,31,32). The summed E-state index contributed by atoms with van der Waals surface area (Å²) in [5, 5.41) is 13.8. The van der Waals surface area contributed by atoms with E-state index < -0.39 is 22.1 Å². The van der Waals surface area contributed by atoms with Gasteiger partial charge in [-0.05, 0) is 17.5 Å². The maximum atomic E-state index is 13.2. The average Bonchev–Trinajstić information content (AvgIpc) is 2.80. The number of H-pyrrole nitrogens is 1. The summed E-state index contributed by atoms with van der Waals surface area (Å²) in [5.74, 6) is -0.626. The number of nitrogens with two attached hydrogens (primary N) is 1. The highest BCUT2D eigenvalue weighted by Gasteiger charge is 2.25. The molecule has 1 aromatic heterocycles. The highest BCUT2D eigenvalue weighted by atomic mass is 16.6. The molecule has 0 aliphatic heterocycles. The normalized spacial score (nSPS) is 10.8. The number of anilines is 3. The number of nitrogen functional groups attached to an aromatic ring is 1. The Balaban J connectivity index is 1.94. The van der Waals surface area contributed by atoms with Gasteiger partial charge < -0.3 is 16.0 Å². The van der Waals surface area contributed by atoms with Crippen LogP contribution in [0.5, 0.6) is 0 Å². The number of rotatable bonds is 9. The molecule has 0 spiro atoms. The minimum atomic E-state index is -0.767. The molecule has 0 unspecified atom stereocenters. The molecule has 3 rings (SSSR count). The van der Waals surface area contributed by atoms with Gasteiger partial charge >= 0.3 is 5.69 Å². The molecule has 178 valence electrons. The van der Waals surface area contributed by atoms with E-state index in [0.717, 1.165) is 5.56 Å². The second-order valence-electron chi connectivity index (χ2n) is 8.12. The Morgan fingerprint density at radius 2 is 1.88 bits per heavy atom. The van der Waals surface area contributed by atoms with Crippen LogP contribution in [-0.2, 0) is 11.3 Å². The van der Waals surface area contributed by atoms with Crippen molar-refractivity contribution < 1.29 is 9.72 Å². The summed E-state index contributed by atoms with van der Waals surface area (Å²) < 4.78 is 1.21. The highest BCUT2D eigenvalue weighted by molar-refractivity contribution is 5.98. The second kappa shape index (κ2) is 10.5. The Hall–Kier alpha value is -4.41. The quantitative estimate of drug-likeness (QED) is 0.322. The molecule has 11 nitrogen and oxygen atoms in total. The summed E-state index contributed by atoms with van der Waals surface area (Å²) in [5.41, 5.74) is 5.75. The van der Waals surface area contributed by atoms with Gasteiger partial charge in [-0.3, -0.25) is 29.3 Å². The van der Waals surface area contributed by atoms with Crippen LogP contribution in [0.2, 0.25) is 0 Å². The Morgan fingerprint density at radius 1 is 1.18 bits per heavy atom. The molecule has 0 saturated carbocycles. The number of aromatic nitrogens is 2. The largest absolute Gasteiger partial charge is 0.383 e. The van der Waals surface area contributed by atoms with E-state index in [0.29, 0.717) is 5.69 Å². The predicted molar refractivity (Wildman–Crippen MR) is 130 cm³/mol. The van der Waals surface area contributed by atoms with Gasteiger partial charge in [-0.2, -0.15) is 0 Å². The molecule has 0 radical (unpaired) electrons. The van der Waals surface area contributed by atoms with Gasteiger partial charge in [0.2, 0.25) is 5.91 Å². The lowest BCUT2D eigenvalue weighted by atomic mass is 10.2. The fourth-order valence-electron chi connectivity index (χ4n) is 3.45. The van der Waals surface area contributed by atoms with Crippen LogP contribution >= 0.6 is 0 Å². The number of hydrogen-bond acceptors (Lipinski definition) is 7. The van der Waals surface area contributed by atoms with Crippen LogP contribution < -0.4 is 27.2 Å². The van der Waals surface area contributed by atoms with E-state index in [1.54, 1.807) is 6.07 Å². The first-order chi connectivity index (χ1) is 16.2. The molecule has 4 N–H and O–H groups in total. The smallest absolute Gasteiger partial charge is 0.330 e. The lowest BCUT2D eigenvalue weighted by molar-refractivity contribution is -0.384. The summed E-state index contributed by atoms with van der Waals surface area (Å²) in [6.07, 6.45) is 0. The maximum absolute atomic E-state index is 13.2. The van der Waals surface area contributed by atoms with Crippen LogP contribution in [-0.4, -0.2) is 33.5 Å². The zero-order valence-electron chi connectivity index (χ0n) is 18.9. The van der Waals surface area contributed by atoms with E-state index in [1.807, 2.05) is 44.2 Å². The van der Waals surface area contributed by atoms with Crippen molar-refractivity contribution in [1.29, 1.82) is 0 Å². The van der Waals surface area contributed by atoms with Crippen molar-refractivity contribution in [1.82, 2.24) is 9.55 Å². The molecular formula is C23H26N6O5. The van der Waals surface area contributed by atoms with E-state index in [9.17, 15) is 24.5 Å². The summed E-state index contributed by atoms with van der Waals surface area (Å²) in [7, 11) is 0. The zero-order chi connectivity index (χ0) is 24.8. The number of nitro groups is 1. The first kappa shape index (κ1) is 24.2. The Morgan fingerprint density at radius 3 is 2.53 bits per heavy atom. The molecule has 34 heavy (non-hydrogen) atoms. The summed E-state index contributed by atoms with van der Waals surface area (Å²) in [6, 6.07) is 14.8. The monoisotopic (exact) mass is 466 g/mol. The number of hydrogen-bond donors (Lipinski definition) is 3. The van der Waals surface area contributed by atoms with Gasteiger partial charge in [0.1, 0.15) is 5.82 Å². The van der Waals surface area contributed by atoms with Crippen LogP contribution in [0.25, 0.3) is 0 Å². The third kappa shape index (κ3) is 5.68. The van der Waals surface area contributed by atoms with Gasteiger partial charge in [-0.15, -0.1) is 0 Å². The maximum Gasteiger partial charge on any atom is 0.330 e. The van der Waals surface area contributed by atoms with E-state index >= 15 is 0 Å². The number of carbonyl (C=O) groups excluding carboxylic acids is 1. The van der Waals surface area contributed by atoms with Crippen molar-refractivity contribution in [3.63, 3.8) is 0 Å². The number of nitro benzene ring substituents is 1. The number of nitrogens with one attached hydrogen (secondary N) is 2. The van der Waals surface area contributed by atoms with Gasteiger partial charge in [-0.1, -0.05) is 50.2 Å². The third-order valence-corrected chi connectivity index (χ3v) is 5.02. The minimum absolute atomic E-state index is 0.0185. The van der Waals surface area contributed by atoms with E-state index in [1.165, 1.54) is 27.7 Å². The second-order valence-corrected chi connectivity index (χ2v) is 8.12. The molecule has 0 saturated heterocycles. The van der Waals surface area contributed by atoms with Crippen LogP contribution in [0.15, 0.2) is 64.2 Å². The minimum Gasteiger partial charge on any atom is -0.383 e. The molecule has 0 fully saturated rings. The van der Waals surface area contributed by atoms with Crippen LogP contribution in [0.4, 0.5) is 22.9 Å². The van der Waals surface area contributed by atoms with Gasteiger partial charge in [0.05, 0.1) is 18.0 Å². The molecular weight excluding hydrogens is 440 g/mol. The van der Waals surface area contributed by atoms with E-state index in [2.05, 4.69) is 10.3 Å². The number of benzene rings is 2. The van der Waals surface area contributed by atoms with Gasteiger partial charge in [0.15, 0.2) is 5.69 Å². The van der Waals surface area contributed by atoms with Gasteiger partial charge in [0, 0.05) is 24.4 Å². The Kier molecular flexibility index (Phi) is 7.46.